The van der Waals surface area contributed by atoms with Gasteiger partial charge in [0.1, 0.15) is 24.4 Å². The van der Waals surface area contributed by atoms with Gasteiger partial charge in [0.2, 0.25) is 0 Å². The number of aliphatic hydroxyl groups excluding tert-OH is 3. The molecule has 5 N–H and O–H groups in total. The molecule has 1 rings (SSSR count). The van der Waals surface area contributed by atoms with Crippen LogP contribution in [0, 0.1) is 0 Å². The number of hydrogen-bond acceptors (Lipinski definition) is 10. The molecule has 1 aliphatic heterocycles. The summed E-state index contributed by atoms with van der Waals surface area (Å²) < 4.78 is 71.3. The topological polar surface area (TPSA) is 197 Å². The summed E-state index contributed by atoms with van der Waals surface area (Å²) in [6.45, 7) is -1.06. The maximum atomic E-state index is 10.6. The van der Waals surface area contributed by atoms with Crippen LogP contribution in [0.3, 0.4) is 0 Å². The smallest absolute Gasteiger partial charge is 0.387 e. The number of rotatable bonds is 5. The monoisotopic (exact) mass is 340 g/mol. The molecule has 0 radical (unpaired) electrons. The second-order valence-electron chi connectivity index (χ2n) is 3.75. The highest BCUT2D eigenvalue weighted by Crippen LogP contribution is 2.24. The Morgan fingerprint density at radius 3 is 1.95 bits per heavy atom. The molecule has 0 aromatic rings. The average molecular weight is 340 g/mol. The standard InChI is InChI=1S/C6H12O12S2/c7-3-4(8)6(9)17-2(1-16-19(10,11)12)5(3)18-20(13,14)15/h2-9H,1H2,(H,10,11,12)(H,13,14,15)/t2-,3-,4-,5+,6?/m1/s1. The van der Waals surface area contributed by atoms with E-state index in [4.69, 9.17) is 9.11 Å². The van der Waals surface area contributed by atoms with Crippen molar-refractivity contribution in [3.8, 4) is 0 Å². The summed E-state index contributed by atoms with van der Waals surface area (Å²) in [4.78, 5) is 0. The van der Waals surface area contributed by atoms with E-state index in [1.807, 2.05) is 0 Å². The van der Waals surface area contributed by atoms with E-state index in [-0.39, 0.29) is 0 Å². The zero-order valence-corrected chi connectivity index (χ0v) is 11.1. The van der Waals surface area contributed by atoms with Crippen LogP contribution in [0.1, 0.15) is 0 Å². The Labute approximate surface area is 113 Å². The van der Waals surface area contributed by atoms with Crippen molar-refractivity contribution < 1.29 is 54.4 Å². The highest BCUT2D eigenvalue weighted by molar-refractivity contribution is 7.81. The highest BCUT2D eigenvalue weighted by atomic mass is 32.3. The van der Waals surface area contributed by atoms with Crippen molar-refractivity contribution in [1.82, 2.24) is 0 Å². The first kappa shape index (κ1) is 17.6. The van der Waals surface area contributed by atoms with Crippen molar-refractivity contribution in [3.63, 3.8) is 0 Å². The van der Waals surface area contributed by atoms with Crippen LogP contribution in [0.15, 0.2) is 0 Å². The van der Waals surface area contributed by atoms with E-state index in [1.54, 1.807) is 0 Å². The van der Waals surface area contributed by atoms with Gasteiger partial charge in [0.25, 0.3) is 0 Å². The Balaban J connectivity index is 2.90. The fourth-order valence-electron chi connectivity index (χ4n) is 1.47. The molecule has 0 aromatic heterocycles. The molecular weight excluding hydrogens is 328 g/mol. The number of aliphatic hydroxyl groups is 3. The molecule has 1 fully saturated rings. The van der Waals surface area contributed by atoms with Crippen LogP contribution >= 0.6 is 0 Å². The predicted octanol–water partition coefficient (Wildman–Crippen LogP) is -3.57. The summed E-state index contributed by atoms with van der Waals surface area (Å²) in [5, 5.41) is 28.0. The first-order chi connectivity index (χ1) is 8.91. The van der Waals surface area contributed by atoms with Crippen LogP contribution in [0.5, 0.6) is 0 Å². The average Bonchev–Trinajstić information content (AvgIpc) is 2.25. The van der Waals surface area contributed by atoms with Gasteiger partial charge in [-0.15, -0.1) is 0 Å². The molecule has 0 aromatic carbocycles. The van der Waals surface area contributed by atoms with E-state index >= 15 is 0 Å². The third kappa shape index (κ3) is 5.17. The molecule has 20 heavy (non-hydrogen) atoms. The molecule has 1 heterocycles. The summed E-state index contributed by atoms with van der Waals surface area (Å²) >= 11 is 0. The molecule has 0 saturated carbocycles. The van der Waals surface area contributed by atoms with E-state index in [1.165, 1.54) is 0 Å². The fourth-order valence-corrected chi connectivity index (χ4v) is 2.29. The second kappa shape index (κ2) is 6.14. The van der Waals surface area contributed by atoms with Gasteiger partial charge in [-0.2, -0.15) is 16.8 Å². The lowest BCUT2D eigenvalue weighted by atomic mass is 9.99. The van der Waals surface area contributed by atoms with Gasteiger partial charge < -0.3 is 20.1 Å². The Hall–Kier alpha value is -0.420. The molecule has 0 aliphatic carbocycles. The Bertz CT molecular complexity index is 524. The normalized spacial score (nSPS) is 36.0. The number of ether oxygens (including phenoxy) is 1. The van der Waals surface area contributed by atoms with Crippen molar-refractivity contribution >= 4 is 20.8 Å². The van der Waals surface area contributed by atoms with Gasteiger partial charge in [-0.1, -0.05) is 0 Å². The lowest BCUT2D eigenvalue weighted by Crippen LogP contribution is -2.60. The molecule has 0 spiro atoms. The first-order valence-electron chi connectivity index (χ1n) is 4.88. The van der Waals surface area contributed by atoms with Crippen LogP contribution in [0.2, 0.25) is 0 Å². The predicted molar refractivity (Wildman–Crippen MR) is 56.8 cm³/mol. The van der Waals surface area contributed by atoms with Gasteiger partial charge in [-0.25, -0.2) is 8.37 Å². The third-order valence-corrected chi connectivity index (χ3v) is 3.17. The van der Waals surface area contributed by atoms with Crippen LogP contribution in [0.25, 0.3) is 0 Å². The minimum atomic E-state index is -5.08. The maximum Gasteiger partial charge on any atom is 0.397 e. The van der Waals surface area contributed by atoms with Gasteiger partial charge >= 0.3 is 20.8 Å². The second-order valence-corrected chi connectivity index (χ2v) is 5.89. The van der Waals surface area contributed by atoms with Gasteiger partial charge in [0, 0.05) is 0 Å². The van der Waals surface area contributed by atoms with Crippen LogP contribution < -0.4 is 0 Å². The molecule has 120 valence electrons. The summed E-state index contributed by atoms with van der Waals surface area (Å²) in [5.74, 6) is 0. The Morgan fingerprint density at radius 1 is 0.950 bits per heavy atom. The van der Waals surface area contributed by atoms with Crippen molar-refractivity contribution in [2.24, 2.45) is 0 Å². The Morgan fingerprint density at radius 2 is 1.50 bits per heavy atom. The molecule has 0 bridgehead atoms. The summed E-state index contributed by atoms with van der Waals surface area (Å²) in [6.07, 6.45) is -9.74. The molecule has 14 heteroatoms. The van der Waals surface area contributed by atoms with Gasteiger partial charge in [0.15, 0.2) is 6.29 Å². The van der Waals surface area contributed by atoms with E-state index in [0.717, 1.165) is 0 Å². The molecule has 12 nitrogen and oxygen atoms in total. The van der Waals surface area contributed by atoms with Crippen LogP contribution in [0.4, 0.5) is 0 Å². The van der Waals surface area contributed by atoms with Crippen LogP contribution in [-0.2, 0) is 33.9 Å². The molecule has 1 unspecified atom stereocenters. The van der Waals surface area contributed by atoms with Crippen molar-refractivity contribution in [2.75, 3.05) is 6.61 Å². The molecule has 0 amide bonds. The lowest BCUT2D eigenvalue weighted by molar-refractivity contribution is -0.280. The lowest BCUT2D eigenvalue weighted by Gasteiger charge is -2.39. The van der Waals surface area contributed by atoms with Crippen molar-refractivity contribution in [3.05, 3.63) is 0 Å². The minimum absolute atomic E-state index is 1.06. The quantitative estimate of drug-likeness (QED) is 0.309. The summed E-state index contributed by atoms with van der Waals surface area (Å²) in [5.41, 5.74) is 0. The summed E-state index contributed by atoms with van der Waals surface area (Å²) in [7, 11) is -10.00. The molecule has 1 saturated heterocycles. The minimum Gasteiger partial charge on any atom is -0.387 e. The van der Waals surface area contributed by atoms with E-state index in [0.29, 0.717) is 0 Å². The van der Waals surface area contributed by atoms with Crippen LogP contribution in [-0.4, -0.2) is 78.6 Å². The SMILES string of the molecule is O=S(=O)(O)OC[C@H]1OC(O)[C@H](O)[C@@H](O)[C@H]1OS(=O)(=O)O. The van der Waals surface area contributed by atoms with E-state index in [2.05, 4.69) is 13.1 Å². The zero-order valence-electron chi connectivity index (χ0n) is 9.50. The van der Waals surface area contributed by atoms with Gasteiger partial charge in [-0.05, 0) is 0 Å². The van der Waals surface area contributed by atoms with Gasteiger partial charge in [0.05, 0.1) is 6.61 Å². The molecular formula is C6H12O12S2. The first-order valence-corrected chi connectivity index (χ1v) is 7.61. The third-order valence-electron chi connectivity index (χ3n) is 2.27. The molecule has 5 atom stereocenters. The van der Waals surface area contributed by atoms with E-state index < -0.39 is 58.1 Å². The zero-order chi connectivity index (χ0) is 15.7. The number of hydrogen-bond donors (Lipinski definition) is 5. The highest BCUT2D eigenvalue weighted by Gasteiger charge is 2.47. The Kier molecular flexibility index (Phi) is 5.41. The van der Waals surface area contributed by atoms with Crippen molar-refractivity contribution in [2.45, 2.75) is 30.7 Å². The fraction of sp³-hybridized carbons (Fsp3) is 1.00. The largest absolute Gasteiger partial charge is 0.397 e. The maximum absolute atomic E-state index is 10.6. The van der Waals surface area contributed by atoms with E-state index in [9.17, 15) is 32.2 Å². The molecule has 1 aliphatic rings. The van der Waals surface area contributed by atoms with Gasteiger partial charge in [-0.3, -0.25) is 9.11 Å². The summed E-state index contributed by atoms with van der Waals surface area (Å²) in [6, 6.07) is 0. The van der Waals surface area contributed by atoms with Crippen molar-refractivity contribution in [1.29, 1.82) is 0 Å².